The van der Waals surface area contributed by atoms with Gasteiger partial charge in [-0.2, -0.15) is 5.10 Å². The maximum Gasteiger partial charge on any atom is 0.358 e. The van der Waals surface area contributed by atoms with Crippen LogP contribution in [0.2, 0.25) is 0 Å². The molecule has 7 nitrogen and oxygen atoms in total. The number of primary amides is 1. The minimum absolute atomic E-state index is 0.00979. The van der Waals surface area contributed by atoms with Gasteiger partial charge in [-0.3, -0.25) is 9.48 Å². The van der Waals surface area contributed by atoms with E-state index in [4.69, 9.17) is 16.2 Å². The van der Waals surface area contributed by atoms with Crippen LogP contribution in [0.25, 0.3) is 0 Å². The van der Waals surface area contributed by atoms with Crippen LogP contribution in [0.1, 0.15) is 29.5 Å². The summed E-state index contributed by atoms with van der Waals surface area (Å²) in [5.41, 5.74) is 11.9. The Balaban J connectivity index is 2.75. The summed E-state index contributed by atoms with van der Waals surface area (Å²) in [6, 6.07) is 0. The van der Waals surface area contributed by atoms with Crippen LogP contribution in [-0.2, 0) is 23.0 Å². The highest BCUT2D eigenvalue weighted by Gasteiger charge is 2.20. The van der Waals surface area contributed by atoms with Gasteiger partial charge in [-0.25, -0.2) is 4.79 Å². The van der Waals surface area contributed by atoms with E-state index in [-0.39, 0.29) is 18.7 Å². The van der Waals surface area contributed by atoms with Crippen molar-refractivity contribution in [2.45, 2.75) is 19.8 Å². The average molecular weight is 240 g/mol. The van der Waals surface area contributed by atoms with Crippen LogP contribution in [-0.4, -0.2) is 28.3 Å². The van der Waals surface area contributed by atoms with Crippen molar-refractivity contribution in [1.29, 1.82) is 0 Å². The lowest BCUT2D eigenvalue weighted by molar-refractivity contribution is -0.118. The van der Waals surface area contributed by atoms with Crippen molar-refractivity contribution < 1.29 is 14.3 Å². The van der Waals surface area contributed by atoms with E-state index >= 15 is 0 Å². The second-order valence-corrected chi connectivity index (χ2v) is 3.54. The Kier molecular flexibility index (Phi) is 4.08. The summed E-state index contributed by atoms with van der Waals surface area (Å²) in [5, 5.41) is 4.09. The number of ether oxygens (including phenoxy) is 1. The molecule has 0 spiro atoms. The van der Waals surface area contributed by atoms with E-state index < -0.39 is 11.9 Å². The molecule has 0 aliphatic rings. The first kappa shape index (κ1) is 13.0. The number of amides is 1. The standard InChI is InChI=1S/C10H16N4O3/c1-3-6-8(12)9(14(2)13-6)10(16)17-5-4-7(11)15/h3-5,12H2,1-2H3,(H2,11,15). The zero-order valence-electron chi connectivity index (χ0n) is 9.90. The third-order valence-corrected chi connectivity index (χ3v) is 2.27. The van der Waals surface area contributed by atoms with Crippen LogP contribution in [0.4, 0.5) is 5.69 Å². The summed E-state index contributed by atoms with van der Waals surface area (Å²) >= 11 is 0. The zero-order valence-corrected chi connectivity index (χ0v) is 9.90. The minimum atomic E-state index is -0.599. The van der Waals surface area contributed by atoms with Gasteiger partial charge in [0.15, 0.2) is 5.69 Å². The van der Waals surface area contributed by atoms with Gasteiger partial charge in [-0.1, -0.05) is 6.92 Å². The van der Waals surface area contributed by atoms with Crippen LogP contribution in [0.15, 0.2) is 0 Å². The molecule has 0 aromatic carbocycles. The SMILES string of the molecule is CCc1nn(C)c(C(=O)OCCC(N)=O)c1N. The number of nitrogen functional groups attached to an aromatic ring is 1. The number of aryl methyl sites for hydroxylation is 2. The smallest absolute Gasteiger partial charge is 0.358 e. The molecule has 0 aliphatic heterocycles. The lowest BCUT2D eigenvalue weighted by atomic mass is 10.2. The van der Waals surface area contributed by atoms with Crippen LogP contribution < -0.4 is 11.5 Å². The molecule has 1 aromatic rings. The maximum absolute atomic E-state index is 11.7. The van der Waals surface area contributed by atoms with Crippen molar-refractivity contribution in [3.05, 3.63) is 11.4 Å². The molecule has 0 atom stereocenters. The number of esters is 1. The summed E-state index contributed by atoms with van der Waals surface area (Å²) in [7, 11) is 1.61. The van der Waals surface area contributed by atoms with E-state index in [0.717, 1.165) is 0 Å². The second-order valence-electron chi connectivity index (χ2n) is 3.54. The normalized spacial score (nSPS) is 10.2. The summed E-state index contributed by atoms with van der Waals surface area (Å²) in [6.07, 6.45) is 0.623. The molecular weight excluding hydrogens is 224 g/mol. The monoisotopic (exact) mass is 240 g/mol. The summed E-state index contributed by atoms with van der Waals surface area (Å²) in [4.78, 5) is 22.2. The number of hydrogen-bond donors (Lipinski definition) is 2. The molecular formula is C10H16N4O3. The van der Waals surface area contributed by atoms with Crippen molar-refractivity contribution in [2.75, 3.05) is 12.3 Å². The quantitative estimate of drug-likeness (QED) is 0.679. The lowest BCUT2D eigenvalue weighted by Crippen LogP contribution is -2.18. The summed E-state index contributed by atoms with van der Waals surface area (Å²) in [5.74, 6) is -1.12. The molecule has 1 amide bonds. The number of rotatable bonds is 5. The van der Waals surface area contributed by atoms with E-state index in [1.54, 1.807) is 7.05 Å². The number of anilines is 1. The Labute approximate surface area is 98.7 Å². The zero-order chi connectivity index (χ0) is 13.0. The summed E-state index contributed by atoms with van der Waals surface area (Å²) < 4.78 is 6.25. The predicted octanol–water partition coefficient (Wildman–Crippen LogP) is -0.403. The summed E-state index contributed by atoms with van der Waals surface area (Å²) in [6.45, 7) is 1.83. The molecule has 0 aliphatic carbocycles. The molecule has 17 heavy (non-hydrogen) atoms. The molecule has 0 unspecified atom stereocenters. The lowest BCUT2D eigenvalue weighted by Gasteiger charge is -2.04. The topological polar surface area (TPSA) is 113 Å². The number of nitrogens with zero attached hydrogens (tertiary/aromatic N) is 2. The van der Waals surface area contributed by atoms with Crippen molar-refractivity contribution in [1.82, 2.24) is 9.78 Å². The second kappa shape index (κ2) is 5.33. The highest BCUT2D eigenvalue weighted by Crippen LogP contribution is 2.17. The Morgan fingerprint density at radius 1 is 1.47 bits per heavy atom. The van der Waals surface area contributed by atoms with Crippen LogP contribution in [0.3, 0.4) is 0 Å². The Morgan fingerprint density at radius 3 is 2.59 bits per heavy atom. The number of aromatic nitrogens is 2. The fourth-order valence-corrected chi connectivity index (χ4v) is 1.41. The van der Waals surface area contributed by atoms with E-state index in [1.807, 2.05) is 6.92 Å². The van der Waals surface area contributed by atoms with Gasteiger partial charge in [0.25, 0.3) is 0 Å². The van der Waals surface area contributed by atoms with Gasteiger partial charge >= 0.3 is 5.97 Å². The van der Waals surface area contributed by atoms with E-state index in [1.165, 1.54) is 4.68 Å². The van der Waals surface area contributed by atoms with Crippen LogP contribution in [0.5, 0.6) is 0 Å². The first-order chi connectivity index (χ1) is 7.97. The third kappa shape index (κ3) is 2.96. The van der Waals surface area contributed by atoms with E-state index in [0.29, 0.717) is 17.8 Å². The van der Waals surface area contributed by atoms with Crippen molar-refractivity contribution >= 4 is 17.6 Å². The van der Waals surface area contributed by atoms with Crippen LogP contribution in [0, 0.1) is 0 Å². The van der Waals surface area contributed by atoms with Gasteiger partial charge in [0.1, 0.15) is 6.61 Å². The van der Waals surface area contributed by atoms with Gasteiger partial charge in [0.05, 0.1) is 17.8 Å². The van der Waals surface area contributed by atoms with Crippen molar-refractivity contribution in [2.24, 2.45) is 12.8 Å². The minimum Gasteiger partial charge on any atom is -0.460 e. The Bertz CT molecular complexity index is 439. The Hall–Kier alpha value is -2.05. The van der Waals surface area contributed by atoms with E-state index in [2.05, 4.69) is 5.10 Å². The molecule has 1 heterocycles. The third-order valence-electron chi connectivity index (χ3n) is 2.27. The number of hydrogen-bond acceptors (Lipinski definition) is 5. The van der Waals surface area contributed by atoms with Gasteiger partial charge < -0.3 is 16.2 Å². The molecule has 94 valence electrons. The van der Waals surface area contributed by atoms with Crippen molar-refractivity contribution in [3.63, 3.8) is 0 Å². The number of carbonyl (C=O) groups excluding carboxylic acids is 2. The van der Waals surface area contributed by atoms with Gasteiger partial charge in [-0.15, -0.1) is 0 Å². The number of carbonyl (C=O) groups is 2. The van der Waals surface area contributed by atoms with Gasteiger partial charge in [0.2, 0.25) is 5.91 Å². The fourth-order valence-electron chi connectivity index (χ4n) is 1.41. The maximum atomic E-state index is 11.7. The van der Waals surface area contributed by atoms with Crippen LogP contribution >= 0.6 is 0 Å². The predicted molar refractivity (Wildman–Crippen MR) is 61.1 cm³/mol. The molecule has 1 rings (SSSR count). The first-order valence-corrected chi connectivity index (χ1v) is 5.24. The van der Waals surface area contributed by atoms with Gasteiger partial charge in [0, 0.05) is 7.05 Å². The first-order valence-electron chi connectivity index (χ1n) is 5.24. The molecule has 0 radical (unpaired) electrons. The van der Waals surface area contributed by atoms with Crippen molar-refractivity contribution in [3.8, 4) is 0 Å². The molecule has 0 saturated carbocycles. The molecule has 0 saturated heterocycles. The fraction of sp³-hybridized carbons (Fsp3) is 0.500. The number of nitrogens with two attached hydrogens (primary N) is 2. The molecule has 7 heteroatoms. The Morgan fingerprint density at radius 2 is 2.12 bits per heavy atom. The highest BCUT2D eigenvalue weighted by atomic mass is 16.5. The molecule has 4 N–H and O–H groups in total. The average Bonchev–Trinajstić information content (AvgIpc) is 2.53. The largest absolute Gasteiger partial charge is 0.460 e. The highest BCUT2D eigenvalue weighted by molar-refractivity contribution is 5.94. The van der Waals surface area contributed by atoms with E-state index in [9.17, 15) is 9.59 Å². The molecule has 0 fully saturated rings. The molecule has 1 aromatic heterocycles. The molecule has 0 bridgehead atoms. The van der Waals surface area contributed by atoms with Gasteiger partial charge in [-0.05, 0) is 6.42 Å².